The highest BCUT2D eigenvalue weighted by Gasteiger charge is 2.18. The molecule has 0 amide bonds. The lowest BCUT2D eigenvalue weighted by molar-refractivity contribution is 0.305. The van der Waals surface area contributed by atoms with E-state index in [1.165, 1.54) is 7.11 Å². The molecular weight excluding hydrogens is 255 g/mol. The van der Waals surface area contributed by atoms with Gasteiger partial charge in [0.1, 0.15) is 18.1 Å². The van der Waals surface area contributed by atoms with E-state index < -0.39 is 7.12 Å². The largest absolute Gasteiger partial charge is 0.497 e. The number of hydrogen-bond donors (Lipinski definition) is 2. The SMILES string of the molecule is COc1ccc(OCc2ccccc2C)c(B(O)O)c1. The number of aryl methyl sites for hydroxylation is 1. The molecule has 0 aliphatic rings. The Morgan fingerprint density at radius 3 is 2.50 bits per heavy atom. The number of hydrogen-bond acceptors (Lipinski definition) is 4. The third kappa shape index (κ3) is 3.32. The van der Waals surface area contributed by atoms with E-state index in [2.05, 4.69) is 0 Å². The summed E-state index contributed by atoms with van der Waals surface area (Å²) >= 11 is 0. The first-order valence-electron chi connectivity index (χ1n) is 6.33. The summed E-state index contributed by atoms with van der Waals surface area (Å²) in [5, 5.41) is 18.8. The lowest BCUT2D eigenvalue weighted by Gasteiger charge is -2.13. The van der Waals surface area contributed by atoms with Gasteiger partial charge in [-0.3, -0.25) is 0 Å². The topological polar surface area (TPSA) is 58.9 Å². The van der Waals surface area contributed by atoms with Gasteiger partial charge in [-0.25, -0.2) is 0 Å². The molecule has 0 bridgehead atoms. The second-order valence-corrected chi connectivity index (χ2v) is 4.49. The number of benzene rings is 2. The van der Waals surface area contributed by atoms with E-state index >= 15 is 0 Å². The highest BCUT2D eigenvalue weighted by molar-refractivity contribution is 6.59. The first-order chi connectivity index (χ1) is 9.61. The van der Waals surface area contributed by atoms with E-state index in [9.17, 15) is 10.0 Å². The molecule has 0 atom stereocenters. The van der Waals surface area contributed by atoms with E-state index in [4.69, 9.17) is 9.47 Å². The minimum Gasteiger partial charge on any atom is -0.497 e. The Morgan fingerprint density at radius 1 is 1.10 bits per heavy atom. The van der Waals surface area contributed by atoms with Crippen molar-refractivity contribution in [2.75, 3.05) is 7.11 Å². The third-order valence-corrected chi connectivity index (χ3v) is 3.14. The monoisotopic (exact) mass is 272 g/mol. The molecule has 0 saturated heterocycles. The van der Waals surface area contributed by atoms with Crippen molar-refractivity contribution in [1.82, 2.24) is 0 Å². The number of rotatable bonds is 5. The molecule has 0 spiro atoms. The van der Waals surface area contributed by atoms with Crippen molar-refractivity contribution >= 4 is 12.6 Å². The highest BCUT2D eigenvalue weighted by atomic mass is 16.5. The smallest absolute Gasteiger partial charge is 0.492 e. The van der Waals surface area contributed by atoms with Crippen molar-refractivity contribution in [3.8, 4) is 11.5 Å². The lowest BCUT2D eigenvalue weighted by Crippen LogP contribution is -2.31. The fraction of sp³-hybridized carbons (Fsp3) is 0.200. The van der Waals surface area contributed by atoms with Crippen LogP contribution in [0.4, 0.5) is 0 Å². The van der Waals surface area contributed by atoms with Crippen LogP contribution in [-0.4, -0.2) is 24.3 Å². The Kier molecular flexibility index (Phi) is 4.66. The van der Waals surface area contributed by atoms with Crippen LogP contribution in [0.1, 0.15) is 11.1 Å². The van der Waals surface area contributed by atoms with E-state index in [0.717, 1.165) is 11.1 Å². The van der Waals surface area contributed by atoms with Gasteiger partial charge in [0.2, 0.25) is 0 Å². The van der Waals surface area contributed by atoms with Crippen molar-refractivity contribution in [3.63, 3.8) is 0 Å². The molecule has 0 saturated carbocycles. The van der Waals surface area contributed by atoms with E-state index in [1.807, 2.05) is 31.2 Å². The van der Waals surface area contributed by atoms with Gasteiger partial charge in [-0.05, 0) is 36.2 Å². The van der Waals surface area contributed by atoms with Crippen molar-refractivity contribution in [2.45, 2.75) is 13.5 Å². The lowest BCUT2D eigenvalue weighted by atomic mass is 9.79. The molecule has 104 valence electrons. The average Bonchev–Trinajstić information content (AvgIpc) is 2.46. The maximum absolute atomic E-state index is 9.40. The molecular formula is C15H17BO4. The predicted octanol–water partition coefficient (Wildman–Crippen LogP) is 1.26. The Bertz CT molecular complexity index is 584. The minimum absolute atomic E-state index is 0.290. The summed E-state index contributed by atoms with van der Waals surface area (Å²) in [5.41, 5.74) is 2.48. The molecule has 20 heavy (non-hydrogen) atoms. The van der Waals surface area contributed by atoms with Gasteiger partial charge in [0, 0.05) is 5.46 Å². The molecule has 0 aliphatic carbocycles. The van der Waals surface area contributed by atoms with Crippen LogP contribution in [-0.2, 0) is 6.61 Å². The Labute approximate surface area is 118 Å². The van der Waals surface area contributed by atoms with Gasteiger partial charge in [0.25, 0.3) is 0 Å². The van der Waals surface area contributed by atoms with Gasteiger partial charge < -0.3 is 19.5 Å². The fourth-order valence-electron chi connectivity index (χ4n) is 1.91. The van der Waals surface area contributed by atoms with Crippen LogP contribution in [0.5, 0.6) is 11.5 Å². The number of methoxy groups -OCH3 is 1. The van der Waals surface area contributed by atoms with Crippen LogP contribution in [0.2, 0.25) is 0 Å². The molecule has 0 heterocycles. The standard InChI is InChI=1S/C15H17BO4/c1-11-5-3-4-6-12(11)10-20-15-8-7-13(19-2)9-14(15)16(17)18/h3-9,17-18H,10H2,1-2H3. The van der Waals surface area contributed by atoms with Crippen LogP contribution in [0.25, 0.3) is 0 Å². The molecule has 2 aromatic rings. The summed E-state index contributed by atoms with van der Waals surface area (Å²) in [6, 6.07) is 12.8. The van der Waals surface area contributed by atoms with Crippen molar-refractivity contribution in [3.05, 3.63) is 53.6 Å². The Morgan fingerprint density at radius 2 is 1.85 bits per heavy atom. The molecule has 2 aromatic carbocycles. The second-order valence-electron chi connectivity index (χ2n) is 4.49. The second kappa shape index (κ2) is 6.46. The third-order valence-electron chi connectivity index (χ3n) is 3.14. The van der Waals surface area contributed by atoms with E-state index in [-0.39, 0.29) is 5.46 Å². The molecule has 0 unspecified atom stereocenters. The Hall–Kier alpha value is -1.98. The van der Waals surface area contributed by atoms with Crippen molar-refractivity contribution < 1.29 is 19.5 Å². The van der Waals surface area contributed by atoms with Gasteiger partial charge in [-0.1, -0.05) is 24.3 Å². The zero-order chi connectivity index (χ0) is 14.5. The summed E-state index contributed by atoms with van der Waals surface area (Å²) in [7, 11) is -0.0755. The average molecular weight is 272 g/mol. The molecule has 0 radical (unpaired) electrons. The van der Waals surface area contributed by atoms with Crippen LogP contribution in [0, 0.1) is 6.92 Å². The van der Waals surface area contributed by atoms with Gasteiger partial charge in [-0.15, -0.1) is 0 Å². The maximum atomic E-state index is 9.40. The number of ether oxygens (including phenoxy) is 2. The van der Waals surface area contributed by atoms with Gasteiger partial charge in [0.15, 0.2) is 0 Å². The van der Waals surface area contributed by atoms with Gasteiger partial charge in [-0.2, -0.15) is 0 Å². The summed E-state index contributed by atoms with van der Waals surface area (Å²) in [6.45, 7) is 2.38. The Balaban J connectivity index is 2.19. The summed E-state index contributed by atoms with van der Waals surface area (Å²) in [6.07, 6.45) is 0. The van der Waals surface area contributed by atoms with Crippen LogP contribution >= 0.6 is 0 Å². The van der Waals surface area contributed by atoms with Crippen molar-refractivity contribution in [2.24, 2.45) is 0 Å². The first-order valence-corrected chi connectivity index (χ1v) is 6.33. The van der Waals surface area contributed by atoms with Crippen molar-refractivity contribution in [1.29, 1.82) is 0 Å². The van der Waals surface area contributed by atoms with E-state index in [0.29, 0.717) is 18.1 Å². The molecule has 0 fully saturated rings. The quantitative estimate of drug-likeness (QED) is 0.804. The predicted molar refractivity (Wildman–Crippen MR) is 78.3 cm³/mol. The maximum Gasteiger partial charge on any atom is 0.492 e. The highest BCUT2D eigenvalue weighted by Crippen LogP contribution is 2.18. The van der Waals surface area contributed by atoms with Crippen LogP contribution in [0.3, 0.4) is 0 Å². The van der Waals surface area contributed by atoms with E-state index in [1.54, 1.807) is 18.2 Å². The molecule has 5 heteroatoms. The summed E-state index contributed by atoms with van der Waals surface area (Å²) in [5.74, 6) is 0.986. The van der Waals surface area contributed by atoms with Gasteiger partial charge >= 0.3 is 7.12 Å². The molecule has 2 N–H and O–H groups in total. The van der Waals surface area contributed by atoms with Crippen LogP contribution in [0.15, 0.2) is 42.5 Å². The summed E-state index contributed by atoms with van der Waals surface area (Å²) < 4.78 is 10.8. The molecule has 0 aliphatic heterocycles. The molecule has 4 nitrogen and oxygen atoms in total. The van der Waals surface area contributed by atoms with Gasteiger partial charge in [0.05, 0.1) is 7.11 Å². The summed E-state index contributed by atoms with van der Waals surface area (Å²) in [4.78, 5) is 0. The zero-order valence-electron chi connectivity index (χ0n) is 11.5. The molecule has 2 rings (SSSR count). The fourth-order valence-corrected chi connectivity index (χ4v) is 1.91. The zero-order valence-corrected chi connectivity index (χ0v) is 11.5. The van der Waals surface area contributed by atoms with Crippen LogP contribution < -0.4 is 14.9 Å². The normalized spacial score (nSPS) is 10.2. The first kappa shape index (κ1) is 14.4. The minimum atomic E-state index is -1.60. The molecule has 0 aromatic heterocycles.